The van der Waals surface area contributed by atoms with Gasteiger partial charge in [0.1, 0.15) is 24.7 Å². The zero-order chi connectivity index (χ0) is 16.4. The van der Waals surface area contributed by atoms with Crippen molar-refractivity contribution in [3.8, 4) is 23.0 Å². The van der Waals surface area contributed by atoms with Crippen LogP contribution in [0.4, 0.5) is 0 Å². The summed E-state index contributed by atoms with van der Waals surface area (Å²) >= 11 is 6.41. The average Bonchev–Trinajstić information content (AvgIpc) is 3.10. The molecule has 4 nitrogen and oxygen atoms in total. The molecule has 0 radical (unpaired) electrons. The van der Waals surface area contributed by atoms with Crippen LogP contribution in [0.3, 0.4) is 0 Å². The van der Waals surface area contributed by atoms with Crippen molar-refractivity contribution in [2.24, 2.45) is 0 Å². The fourth-order valence-electron chi connectivity index (χ4n) is 3.14. The molecule has 2 aliphatic rings. The largest absolute Gasteiger partial charge is 0.486 e. The van der Waals surface area contributed by atoms with E-state index in [0.29, 0.717) is 35.5 Å². The normalized spacial score (nSPS) is 17.0. The summed E-state index contributed by atoms with van der Waals surface area (Å²) in [6.07, 6.45) is 2.58. The van der Waals surface area contributed by atoms with Gasteiger partial charge in [-0.25, -0.2) is 0 Å². The van der Waals surface area contributed by atoms with Gasteiger partial charge in [0.2, 0.25) is 0 Å². The average molecular weight is 346 g/mol. The van der Waals surface area contributed by atoms with Crippen LogP contribution in [-0.4, -0.2) is 31.2 Å². The first-order valence-corrected chi connectivity index (χ1v) is 8.74. The molecule has 0 bridgehead atoms. The minimum Gasteiger partial charge on any atom is -0.486 e. The number of ether oxygens (including phenoxy) is 3. The van der Waals surface area contributed by atoms with Crippen molar-refractivity contribution in [2.75, 3.05) is 26.3 Å². The van der Waals surface area contributed by atoms with E-state index >= 15 is 0 Å². The summed E-state index contributed by atoms with van der Waals surface area (Å²) in [5.74, 6) is 2.80. The molecule has 0 aliphatic carbocycles. The molecule has 0 saturated carbocycles. The zero-order valence-corrected chi connectivity index (χ0v) is 14.2. The van der Waals surface area contributed by atoms with Crippen molar-refractivity contribution in [2.45, 2.75) is 19.4 Å². The lowest BCUT2D eigenvalue weighted by Gasteiger charge is -2.19. The van der Waals surface area contributed by atoms with Gasteiger partial charge in [0.25, 0.3) is 0 Å². The van der Waals surface area contributed by atoms with Crippen LogP contribution in [0, 0.1) is 0 Å². The zero-order valence-electron chi connectivity index (χ0n) is 13.5. The van der Waals surface area contributed by atoms with Crippen LogP contribution in [-0.2, 0) is 6.54 Å². The molecule has 2 aliphatic heterocycles. The van der Waals surface area contributed by atoms with E-state index in [1.165, 1.54) is 31.5 Å². The maximum Gasteiger partial charge on any atom is 0.165 e. The molecular weight excluding hydrogens is 326 g/mol. The van der Waals surface area contributed by atoms with Crippen LogP contribution in [0.5, 0.6) is 23.0 Å². The highest BCUT2D eigenvalue weighted by molar-refractivity contribution is 6.32. The number of rotatable bonds is 4. The Hall–Kier alpha value is -1.91. The Morgan fingerprint density at radius 3 is 2.54 bits per heavy atom. The van der Waals surface area contributed by atoms with Crippen molar-refractivity contribution < 1.29 is 14.2 Å². The standard InChI is InChI=1S/C19H20ClNO3/c20-16-11-14(13-21-7-1-2-8-21)3-5-17(16)24-15-4-6-18-19(12-15)23-10-9-22-18/h3-6,11-12H,1-2,7-10,13H2. The topological polar surface area (TPSA) is 30.9 Å². The predicted octanol–water partition coefficient (Wildman–Crippen LogP) is 4.50. The third-order valence-corrected chi connectivity index (χ3v) is 4.64. The maximum atomic E-state index is 6.41. The molecule has 2 heterocycles. The SMILES string of the molecule is Clc1cc(CN2CCCC2)ccc1Oc1ccc2c(c1)OCCO2. The molecule has 126 valence electrons. The first-order valence-electron chi connectivity index (χ1n) is 8.36. The van der Waals surface area contributed by atoms with E-state index in [0.717, 1.165) is 12.3 Å². The van der Waals surface area contributed by atoms with Crippen LogP contribution < -0.4 is 14.2 Å². The van der Waals surface area contributed by atoms with Gasteiger partial charge in [0.05, 0.1) is 5.02 Å². The molecular formula is C19H20ClNO3. The van der Waals surface area contributed by atoms with E-state index in [-0.39, 0.29) is 0 Å². The van der Waals surface area contributed by atoms with Gasteiger partial charge in [-0.05, 0) is 55.8 Å². The van der Waals surface area contributed by atoms with Crippen molar-refractivity contribution in [3.05, 3.63) is 47.0 Å². The number of hydrogen-bond donors (Lipinski definition) is 0. The van der Waals surface area contributed by atoms with Gasteiger partial charge in [-0.2, -0.15) is 0 Å². The lowest BCUT2D eigenvalue weighted by atomic mass is 10.2. The van der Waals surface area contributed by atoms with Gasteiger partial charge >= 0.3 is 0 Å². The Kier molecular flexibility index (Phi) is 4.50. The first-order chi connectivity index (χ1) is 11.8. The van der Waals surface area contributed by atoms with Gasteiger partial charge in [0, 0.05) is 12.6 Å². The lowest BCUT2D eigenvalue weighted by Crippen LogP contribution is -2.18. The van der Waals surface area contributed by atoms with Gasteiger partial charge in [-0.3, -0.25) is 4.90 Å². The van der Waals surface area contributed by atoms with Gasteiger partial charge in [-0.15, -0.1) is 0 Å². The van der Waals surface area contributed by atoms with Crippen LogP contribution >= 0.6 is 11.6 Å². The molecule has 5 heteroatoms. The van der Waals surface area contributed by atoms with Crippen LogP contribution in [0.25, 0.3) is 0 Å². The maximum absolute atomic E-state index is 6.41. The fourth-order valence-corrected chi connectivity index (χ4v) is 3.38. The van der Waals surface area contributed by atoms with Crippen molar-refractivity contribution in [1.82, 2.24) is 4.90 Å². The van der Waals surface area contributed by atoms with Gasteiger partial charge in [-0.1, -0.05) is 17.7 Å². The molecule has 1 fully saturated rings. The Morgan fingerprint density at radius 2 is 1.75 bits per heavy atom. The Labute approximate surface area is 146 Å². The second kappa shape index (κ2) is 6.91. The highest BCUT2D eigenvalue weighted by Crippen LogP contribution is 2.37. The van der Waals surface area contributed by atoms with E-state index in [4.69, 9.17) is 25.8 Å². The molecule has 2 aromatic rings. The van der Waals surface area contributed by atoms with E-state index in [2.05, 4.69) is 11.0 Å². The summed E-state index contributed by atoms with van der Waals surface area (Å²) < 4.78 is 17.0. The van der Waals surface area contributed by atoms with Crippen molar-refractivity contribution in [1.29, 1.82) is 0 Å². The lowest BCUT2D eigenvalue weighted by molar-refractivity contribution is 0.171. The van der Waals surface area contributed by atoms with Crippen LogP contribution in [0.15, 0.2) is 36.4 Å². The predicted molar refractivity (Wildman–Crippen MR) is 93.5 cm³/mol. The van der Waals surface area contributed by atoms with Crippen LogP contribution in [0.2, 0.25) is 5.02 Å². The Morgan fingerprint density at radius 1 is 0.958 bits per heavy atom. The second-order valence-corrected chi connectivity index (χ2v) is 6.56. The number of likely N-dealkylation sites (tertiary alicyclic amines) is 1. The van der Waals surface area contributed by atoms with E-state index in [9.17, 15) is 0 Å². The fraction of sp³-hybridized carbons (Fsp3) is 0.368. The van der Waals surface area contributed by atoms with E-state index in [1.807, 2.05) is 30.3 Å². The molecule has 0 atom stereocenters. The minimum atomic E-state index is 0.558. The highest BCUT2D eigenvalue weighted by atomic mass is 35.5. The van der Waals surface area contributed by atoms with E-state index < -0.39 is 0 Å². The van der Waals surface area contributed by atoms with Crippen LogP contribution in [0.1, 0.15) is 18.4 Å². The highest BCUT2D eigenvalue weighted by Gasteiger charge is 2.15. The molecule has 0 amide bonds. The van der Waals surface area contributed by atoms with Gasteiger partial charge in [0.15, 0.2) is 11.5 Å². The third-order valence-electron chi connectivity index (χ3n) is 4.34. The van der Waals surface area contributed by atoms with Gasteiger partial charge < -0.3 is 14.2 Å². The first kappa shape index (κ1) is 15.6. The minimum absolute atomic E-state index is 0.558. The summed E-state index contributed by atoms with van der Waals surface area (Å²) in [6.45, 7) is 4.43. The molecule has 0 spiro atoms. The Bertz CT molecular complexity index is 729. The number of nitrogens with zero attached hydrogens (tertiary/aromatic N) is 1. The van der Waals surface area contributed by atoms with Crippen molar-refractivity contribution in [3.63, 3.8) is 0 Å². The number of benzene rings is 2. The summed E-state index contributed by atoms with van der Waals surface area (Å²) in [7, 11) is 0. The van der Waals surface area contributed by atoms with Crippen molar-refractivity contribution >= 4 is 11.6 Å². The summed E-state index contributed by atoms with van der Waals surface area (Å²) in [5.41, 5.74) is 1.22. The summed E-state index contributed by atoms with van der Waals surface area (Å²) in [6, 6.07) is 11.6. The molecule has 0 N–H and O–H groups in total. The molecule has 0 aromatic heterocycles. The number of halogens is 1. The number of hydrogen-bond acceptors (Lipinski definition) is 4. The molecule has 1 saturated heterocycles. The second-order valence-electron chi connectivity index (χ2n) is 6.16. The summed E-state index contributed by atoms with van der Waals surface area (Å²) in [4.78, 5) is 2.45. The third kappa shape index (κ3) is 3.45. The molecule has 0 unspecified atom stereocenters. The Balaban J connectivity index is 1.48. The smallest absolute Gasteiger partial charge is 0.165 e. The van der Waals surface area contributed by atoms with E-state index in [1.54, 1.807) is 0 Å². The molecule has 24 heavy (non-hydrogen) atoms. The molecule has 2 aromatic carbocycles. The number of fused-ring (bicyclic) bond motifs is 1. The quantitative estimate of drug-likeness (QED) is 0.816. The molecule has 4 rings (SSSR count). The summed E-state index contributed by atoms with van der Waals surface area (Å²) in [5, 5.41) is 0.626. The monoisotopic (exact) mass is 345 g/mol.